The van der Waals surface area contributed by atoms with Gasteiger partial charge < -0.3 is 14.8 Å². The van der Waals surface area contributed by atoms with E-state index in [0.29, 0.717) is 0 Å². The second kappa shape index (κ2) is 16.5. The van der Waals surface area contributed by atoms with Crippen LogP contribution in [0.1, 0.15) is 90.4 Å². The van der Waals surface area contributed by atoms with Crippen molar-refractivity contribution in [1.29, 1.82) is 0 Å². The number of allylic oxidation sites excluding steroid dienone is 1. The number of carbonyl (C=O) groups is 1. The molecule has 0 saturated heterocycles. The van der Waals surface area contributed by atoms with Gasteiger partial charge in [0.15, 0.2) is 0 Å². The van der Waals surface area contributed by atoms with Crippen LogP contribution in [0.3, 0.4) is 0 Å². The summed E-state index contributed by atoms with van der Waals surface area (Å²) in [5.41, 5.74) is 0. The van der Waals surface area contributed by atoms with Crippen molar-refractivity contribution in [2.24, 2.45) is 7.05 Å². The molecule has 0 radical (unpaired) electrons. The van der Waals surface area contributed by atoms with Crippen molar-refractivity contribution in [3.05, 3.63) is 24.7 Å². The number of carboxylic acid groups (broad SMARTS) is 1. The second-order valence-corrected chi connectivity index (χ2v) is 9.06. The van der Waals surface area contributed by atoms with Crippen molar-refractivity contribution in [3.8, 4) is 0 Å². The number of hydrogen-bond acceptors (Lipinski definition) is 4. The Morgan fingerprint density at radius 2 is 1.76 bits per heavy atom. The molecule has 2 N–H and O–H groups in total. The number of unbranched alkanes of at least 4 members (excludes halogenated alkanes) is 10. The summed E-state index contributed by atoms with van der Waals surface area (Å²) in [5.74, 6) is -0.875. The number of aromatic nitrogens is 2. The summed E-state index contributed by atoms with van der Waals surface area (Å²) in [4.78, 5) is 15.1. The fourth-order valence-electron chi connectivity index (χ4n) is 3.25. The first-order chi connectivity index (χ1) is 14.0. The highest BCUT2D eigenvalue weighted by atomic mass is 32.2. The van der Waals surface area contributed by atoms with Gasteiger partial charge >= 0.3 is 5.97 Å². The number of rotatable bonds is 18. The highest BCUT2D eigenvalue weighted by molar-refractivity contribution is 8.00. The van der Waals surface area contributed by atoms with E-state index >= 15 is 0 Å². The van der Waals surface area contributed by atoms with E-state index in [9.17, 15) is 9.90 Å². The van der Waals surface area contributed by atoms with E-state index < -0.39 is 12.1 Å². The first-order valence-corrected chi connectivity index (χ1v) is 12.1. The lowest BCUT2D eigenvalue weighted by molar-refractivity contribution is -0.137. The molecule has 1 heterocycles. The predicted molar refractivity (Wildman–Crippen MR) is 121 cm³/mol. The van der Waals surface area contributed by atoms with Gasteiger partial charge in [0, 0.05) is 19.7 Å². The van der Waals surface area contributed by atoms with Gasteiger partial charge in [-0.05, 0) is 19.3 Å². The van der Waals surface area contributed by atoms with Gasteiger partial charge in [0.1, 0.15) is 5.03 Å². The largest absolute Gasteiger partial charge is 0.481 e. The predicted octanol–water partition coefficient (Wildman–Crippen LogP) is 5.97. The molecule has 1 aromatic rings. The maximum absolute atomic E-state index is 10.8. The SMILES string of the molecule is CCCCCCCCCCCCC=CC(Sc1cn(C)cn1)C(O)CCC(=O)O. The van der Waals surface area contributed by atoms with E-state index in [0.717, 1.165) is 11.4 Å². The number of aliphatic carboxylic acids is 1. The van der Waals surface area contributed by atoms with Gasteiger partial charge in [-0.3, -0.25) is 4.79 Å². The van der Waals surface area contributed by atoms with Crippen LogP contribution in [0.5, 0.6) is 0 Å². The summed E-state index contributed by atoms with van der Waals surface area (Å²) in [6, 6.07) is 0. The Hall–Kier alpha value is -1.27. The van der Waals surface area contributed by atoms with Crippen LogP contribution in [-0.4, -0.2) is 37.1 Å². The van der Waals surface area contributed by atoms with Gasteiger partial charge in [-0.2, -0.15) is 0 Å². The van der Waals surface area contributed by atoms with Gasteiger partial charge in [0.25, 0.3) is 0 Å². The van der Waals surface area contributed by atoms with Crippen LogP contribution >= 0.6 is 11.8 Å². The third-order valence-corrected chi connectivity index (χ3v) is 6.22. The number of aryl methyl sites for hydroxylation is 1. The quantitative estimate of drug-likeness (QED) is 0.172. The molecule has 0 spiro atoms. The van der Waals surface area contributed by atoms with E-state index in [1.807, 2.05) is 23.9 Å². The summed E-state index contributed by atoms with van der Waals surface area (Å²) in [7, 11) is 1.91. The molecule has 1 aromatic heterocycles. The Kier molecular flexibility index (Phi) is 14.7. The van der Waals surface area contributed by atoms with Crippen LogP contribution < -0.4 is 0 Å². The third kappa shape index (κ3) is 13.6. The normalized spacial score (nSPS) is 13.8. The van der Waals surface area contributed by atoms with Crippen LogP contribution in [0.25, 0.3) is 0 Å². The molecule has 6 heteroatoms. The maximum Gasteiger partial charge on any atom is 0.303 e. The molecular formula is C23H40N2O3S. The summed E-state index contributed by atoms with van der Waals surface area (Å²) in [5, 5.41) is 20.0. The number of imidazole rings is 1. The van der Waals surface area contributed by atoms with Crippen molar-refractivity contribution < 1.29 is 15.0 Å². The van der Waals surface area contributed by atoms with Crippen LogP contribution in [0.4, 0.5) is 0 Å². The van der Waals surface area contributed by atoms with E-state index in [1.165, 1.54) is 76.0 Å². The number of aliphatic hydroxyl groups is 1. The van der Waals surface area contributed by atoms with Crippen LogP contribution in [0.2, 0.25) is 0 Å². The molecule has 166 valence electrons. The molecule has 0 aromatic carbocycles. The summed E-state index contributed by atoms with van der Waals surface area (Å²) < 4.78 is 1.87. The van der Waals surface area contributed by atoms with E-state index in [-0.39, 0.29) is 18.1 Å². The van der Waals surface area contributed by atoms with Crippen LogP contribution in [0, 0.1) is 0 Å². The molecule has 0 saturated carbocycles. The molecule has 2 atom stereocenters. The van der Waals surface area contributed by atoms with Crippen LogP contribution in [0.15, 0.2) is 29.7 Å². The molecule has 0 bridgehead atoms. The minimum absolute atomic E-state index is 0.0211. The summed E-state index contributed by atoms with van der Waals surface area (Å²) in [6.07, 6.45) is 21.6. The molecule has 0 amide bonds. The maximum atomic E-state index is 10.8. The number of carboxylic acids is 1. The van der Waals surface area contributed by atoms with Crippen molar-refractivity contribution in [2.75, 3.05) is 0 Å². The van der Waals surface area contributed by atoms with Crippen molar-refractivity contribution in [2.45, 2.75) is 107 Å². The Bertz CT molecular complexity index is 574. The first kappa shape index (κ1) is 25.8. The fraction of sp³-hybridized carbons (Fsp3) is 0.739. The fourth-order valence-corrected chi connectivity index (χ4v) is 4.35. The monoisotopic (exact) mass is 424 g/mol. The summed E-state index contributed by atoms with van der Waals surface area (Å²) in [6.45, 7) is 2.25. The minimum Gasteiger partial charge on any atom is -0.481 e. The van der Waals surface area contributed by atoms with Gasteiger partial charge in [-0.15, -0.1) is 0 Å². The molecule has 0 aliphatic rings. The third-order valence-electron chi connectivity index (χ3n) is 5.02. The Labute approximate surface area is 181 Å². The zero-order chi connectivity index (χ0) is 21.3. The zero-order valence-electron chi connectivity index (χ0n) is 18.3. The Balaban J connectivity index is 2.27. The highest BCUT2D eigenvalue weighted by Gasteiger charge is 2.19. The molecule has 1 rings (SSSR count). The number of hydrogen-bond donors (Lipinski definition) is 2. The van der Waals surface area contributed by atoms with Gasteiger partial charge in [-0.1, -0.05) is 88.6 Å². The lowest BCUT2D eigenvalue weighted by Crippen LogP contribution is -2.22. The van der Waals surface area contributed by atoms with Crippen LogP contribution in [-0.2, 0) is 11.8 Å². The molecule has 5 nitrogen and oxygen atoms in total. The van der Waals surface area contributed by atoms with E-state index in [4.69, 9.17) is 5.11 Å². The second-order valence-electron chi connectivity index (χ2n) is 7.86. The number of aliphatic hydroxyl groups excluding tert-OH is 1. The van der Waals surface area contributed by atoms with Gasteiger partial charge in [0.2, 0.25) is 0 Å². The van der Waals surface area contributed by atoms with Gasteiger partial charge in [-0.25, -0.2) is 4.98 Å². The number of nitrogens with zero attached hydrogens (tertiary/aromatic N) is 2. The lowest BCUT2D eigenvalue weighted by atomic mass is 10.1. The lowest BCUT2D eigenvalue weighted by Gasteiger charge is -2.18. The van der Waals surface area contributed by atoms with Crippen molar-refractivity contribution in [1.82, 2.24) is 9.55 Å². The van der Waals surface area contributed by atoms with Crippen molar-refractivity contribution in [3.63, 3.8) is 0 Å². The average molecular weight is 425 g/mol. The van der Waals surface area contributed by atoms with E-state index in [1.54, 1.807) is 6.33 Å². The average Bonchev–Trinajstić information content (AvgIpc) is 3.10. The molecule has 0 aliphatic heterocycles. The first-order valence-electron chi connectivity index (χ1n) is 11.2. The molecule has 29 heavy (non-hydrogen) atoms. The number of thioether (sulfide) groups is 1. The highest BCUT2D eigenvalue weighted by Crippen LogP contribution is 2.27. The Morgan fingerprint density at radius 3 is 2.31 bits per heavy atom. The molecular weight excluding hydrogens is 384 g/mol. The minimum atomic E-state index is -0.875. The van der Waals surface area contributed by atoms with Gasteiger partial charge in [0.05, 0.1) is 17.7 Å². The molecule has 2 unspecified atom stereocenters. The topological polar surface area (TPSA) is 75.3 Å². The smallest absolute Gasteiger partial charge is 0.303 e. The summed E-state index contributed by atoms with van der Waals surface area (Å²) >= 11 is 1.49. The van der Waals surface area contributed by atoms with E-state index in [2.05, 4.69) is 18.0 Å². The molecule has 0 aliphatic carbocycles. The standard InChI is InChI=1S/C23H40N2O3S/c1-3-4-5-6-7-8-9-10-11-12-13-14-15-21(20(26)16-17-23(27)28)29-22-18-25(2)19-24-22/h14-15,18-21,26H,3-13,16-17H2,1-2H3,(H,27,28). The Morgan fingerprint density at radius 1 is 1.14 bits per heavy atom. The molecule has 0 fully saturated rings. The van der Waals surface area contributed by atoms with Crippen molar-refractivity contribution >= 4 is 17.7 Å². The zero-order valence-corrected chi connectivity index (χ0v) is 19.1.